The van der Waals surface area contributed by atoms with Gasteiger partial charge in [0.05, 0.1) is 6.17 Å². The highest BCUT2D eigenvalue weighted by molar-refractivity contribution is 5.15. The molecule has 1 rings (SSSR count). The number of nitrogens with zero attached hydrogens (tertiary/aromatic N) is 2. The van der Waals surface area contributed by atoms with Crippen molar-refractivity contribution in [3.63, 3.8) is 0 Å². The van der Waals surface area contributed by atoms with Crippen LogP contribution in [-0.4, -0.2) is 29.6 Å². The third-order valence-corrected chi connectivity index (χ3v) is 3.50. The molecule has 0 saturated heterocycles. The van der Waals surface area contributed by atoms with E-state index in [2.05, 4.69) is 44.5 Å². The SMILES string of the molecule is CCCCCN1C(C)=C(C)N(C)C1C. The van der Waals surface area contributed by atoms with Crippen LogP contribution in [0.15, 0.2) is 11.4 Å². The van der Waals surface area contributed by atoms with Crippen LogP contribution < -0.4 is 0 Å². The summed E-state index contributed by atoms with van der Waals surface area (Å²) in [4.78, 5) is 4.88. The van der Waals surface area contributed by atoms with E-state index in [1.807, 2.05) is 0 Å². The maximum Gasteiger partial charge on any atom is 0.0979 e. The molecule has 1 aliphatic heterocycles. The summed E-state index contributed by atoms with van der Waals surface area (Å²) in [5.74, 6) is 0. The van der Waals surface area contributed by atoms with Gasteiger partial charge in [-0.3, -0.25) is 0 Å². The Morgan fingerprint density at radius 1 is 1.14 bits per heavy atom. The monoisotopic (exact) mass is 196 g/mol. The molecule has 0 fully saturated rings. The first-order chi connectivity index (χ1) is 6.59. The third kappa shape index (κ3) is 2.05. The van der Waals surface area contributed by atoms with E-state index in [-0.39, 0.29) is 0 Å². The Balaban J connectivity index is 2.53. The lowest BCUT2D eigenvalue weighted by atomic mass is 10.2. The fourth-order valence-corrected chi connectivity index (χ4v) is 2.12. The quantitative estimate of drug-likeness (QED) is 0.638. The predicted molar refractivity (Wildman–Crippen MR) is 61.8 cm³/mol. The van der Waals surface area contributed by atoms with Crippen LogP contribution in [0.4, 0.5) is 0 Å². The van der Waals surface area contributed by atoms with Gasteiger partial charge in [-0.15, -0.1) is 0 Å². The fraction of sp³-hybridized carbons (Fsp3) is 0.833. The lowest BCUT2D eigenvalue weighted by molar-refractivity contribution is 0.177. The molecule has 0 aromatic rings. The highest BCUT2D eigenvalue weighted by Gasteiger charge is 2.26. The van der Waals surface area contributed by atoms with Crippen LogP contribution in [-0.2, 0) is 0 Å². The second-order valence-electron chi connectivity index (χ2n) is 4.31. The molecule has 2 nitrogen and oxygen atoms in total. The van der Waals surface area contributed by atoms with Gasteiger partial charge in [-0.05, 0) is 27.2 Å². The van der Waals surface area contributed by atoms with Crippen LogP contribution in [0.5, 0.6) is 0 Å². The molecular weight excluding hydrogens is 172 g/mol. The van der Waals surface area contributed by atoms with E-state index in [9.17, 15) is 0 Å². The Hall–Kier alpha value is -0.660. The number of hydrogen-bond acceptors (Lipinski definition) is 2. The molecule has 82 valence electrons. The van der Waals surface area contributed by atoms with Crippen molar-refractivity contribution in [3.8, 4) is 0 Å². The minimum Gasteiger partial charge on any atom is -0.357 e. The first-order valence-corrected chi connectivity index (χ1v) is 5.76. The van der Waals surface area contributed by atoms with Gasteiger partial charge < -0.3 is 9.80 Å². The summed E-state index contributed by atoms with van der Waals surface area (Å²) in [6.07, 6.45) is 4.52. The van der Waals surface area contributed by atoms with Crippen LogP contribution >= 0.6 is 0 Å². The van der Waals surface area contributed by atoms with Crippen molar-refractivity contribution in [1.29, 1.82) is 0 Å². The maximum absolute atomic E-state index is 2.52. The van der Waals surface area contributed by atoms with Crippen molar-refractivity contribution in [1.82, 2.24) is 9.80 Å². The topological polar surface area (TPSA) is 6.48 Å². The average molecular weight is 196 g/mol. The summed E-state index contributed by atoms with van der Waals surface area (Å²) in [5, 5.41) is 0. The van der Waals surface area contributed by atoms with Gasteiger partial charge in [0, 0.05) is 25.0 Å². The first kappa shape index (κ1) is 11.4. The van der Waals surface area contributed by atoms with Gasteiger partial charge in [0.2, 0.25) is 0 Å². The van der Waals surface area contributed by atoms with Crippen molar-refractivity contribution in [2.24, 2.45) is 0 Å². The van der Waals surface area contributed by atoms with Crippen LogP contribution in [0.1, 0.15) is 47.0 Å². The van der Waals surface area contributed by atoms with Gasteiger partial charge >= 0.3 is 0 Å². The van der Waals surface area contributed by atoms with Gasteiger partial charge in [0.1, 0.15) is 0 Å². The molecule has 0 aliphatic carbocycles. The molecule has 0 amide bonds. The van der Waals surface area contributed by atoms with Gasteiger partial charge in [0.25, 0.3) is 0 Å². The fourth-order valence-electron chi connectivity index (χ4n) is 2.12. The standard InChI is InChI=1S/C12H24N2/c1-6-7-8-9-14-11(3)10(2)13(5)12(14)4/h12H,6-9H2,1-5H3. The van der Waals surface area contributed by atoms with Gasteiger partial charge in [-0.25, -0.2) is 0 Å². The van der Waals surface area contributed by atoms with Crippen molar-refractivity contribution in [2.75, 3.05) is 13.6 Å². The minimum atomic E-state index is 0.548. The van der Waals surface area contributed by atoms with Crippen LogP contribution in [0, 0.1) is 0 Å². The summed E-state index contributed by atoms with van der Waals surface area (Å²) in [6.45, 7) is 10.2. The summed E-state index contributed by atoms with van der Waals surface area (Å²) in [7, 11) is 2.18. The highest BCUT2D eigenvalue weighted by atomic mass is 15.4. The summed E-state index contributed by atoms with van der Waals surface area (Å²) in [5.41, 5.74) is 2.88. The molecule has 0 aromatic carbocycles. The molecule has 0 N–H and O–H groups in total. The molecule has 0 spiro atoms. The number of hydrogen-bond donors (Lipinski definition) is 0. The van der Waals surface area contributed by atoms with Crippen molar-refractivity contribution in [3.05, 3.63) is 11.4 Å². The van der Waals surface area contributed by atoms with Crippen LogP contribution in [0.2, 0.25) is 0 Å². The Morgan fingerprint density at radius 3 is 2.21 bits per heavy atom. The van der Waals surface area contributed by atoms with Gasteiger partial charge in [-0.1, -0.05) is 19.8 Å². The van der Waals surface area contributed by atoms with Crippen LogP contribution in [0.3, 0.4) is 0 Å². The van der Waals surface area contributed by atoms with E-state index in [0.29, 0.717) is 6.17 Å². The zero-order valence-corrected chi connectivity index (χ0v) is 10.3. The normalized spacial score (nSPS) is 22.5. The number of allylic oxidation sites excluding steroid dienone is 2. The predicted octanol–water partition coefficient (Wildman–Crippen LogP) is 3.02. The number of rotatable bonds is 4. The zero-order valence-electron chi connectivity index (χ0n) is 10.3. The first-order valence-electron chi connectivity index (χ1n) is 5.76. The molecule has 2 heteroatoms. The van der Waals surface area contributed by atoms with E-state index in [1.54, 1.807) is 0 Å². The van der Waals surface area contributed by atoms with E-state index in [4.69, 9.17) is 0 Å². The molecule has 0 radical (unpaired) electrons. The Bertz CT molecular complexity index is 220. The maximum atomic E-state index is 2.52. The van der Waals surface area contributed by atoms with Gasteiger partial charge in [0.15, 0.2) is 0 Å². The second kappa shape index (κ2) is 4.72. The summed E-state index contributed by atoms with van der Waals surface area (Å²) < 4.78 is 0. The molecule has 1 heterocycles. The molecular formula is C12H24N2. The van der Waals surface area contributed by atoms with E-state index >= 15 is 0 Å². The Morgan fingerprint density at radius 2 is 1.79 bits per heavy atom. The lowest BCUT2D eigenvalue weighted by Gasteiger charge is -2.29. The smallest absolute Gasteiger partial charge is 0.0979 e. The Labute approximate surface area is 88.6 Å². The van der Waals surface area contributed by atoms with Crippen molar-refractivity contribution < 1.29 is 0 Å². The van der Waals surface area contributed by atoms with Crippen LogP contribution in [0.25, 0.3) is 0 Å². The van der Waals surface area contributed by atoms with E-state index < -0.39 is 0 Å². The minimum absolute atomic E-state index is 0.548. The molecule has 0 saturated carbocycles. The van der Waals surface area contributed by atoms with E-state index in [0.717, 1.165) is 0 Å². The lowest BCUT2D eigenvalue weighted by Crippen LogP contribution is -2.36. The average Bonchev–Trinajstić information content (AvgIpc) is 2.35. The Kier molecular flexibility index (Phi) is 3.85. The summed E-state index contributed by atoms with van der Waals surface area (Å²) >= 11 is 0. The molecule has 1 atom stereocenters. The van der Waals surface area contributed by atoms with Crippen molar-refractivity contribution in [2.45, 2.75) is 53.1 Å². The zero-order chi connectivity index (χ0) is 10.7. The largest absolute Gasteiger partial charge is 0.357 e. The molecule has 0 aromatic heterocycles. The molecule has 1 aliphatic rings. The third-order valence-electron chi connectivity index (χ3n) is 3.50. The second-order valence-corrected chi connectivity index (χ2v) is 4.31. The highest BCUT2D eigenvalue weighted by Crippen LogP contribution is 2.27. The molecule has 14 heavy (non-hydrogen) atoms. The number of unbranched alkanes of at least 4 members (excludes halogenated alkanes) is 2. The molecule has 1 unspecified atom stereocenters. The molecule has 0 bridgehead atoms. The van der Waals surface area contributed by atoms with Gasteiger partial charge in [-0.2, -0.15) is 0 Å². The van der Waals surface area contributed by atoms with Crippen molar-refractivity contribution >= 4 is 0 Å². The van der Waals surface area contributed by atoms with E-state index in [1.165, 1.54) is 37.2 Å². The summed E-state index contributed by atoms with van der Waals surface area (Å²) in [6, 6.07) is 0.